The van der Waals surface area contributed by atoms with Crippen molar-refractivity contribution in [2.24, 2.45) is 0 Å². The molecule has 0 amide bonds. The van der Waals surface area contributed by atoms with E-state index in [1.54, 1.807) is 11.3 Å². The molecule has 0 aliphatic carbocycles. The minimum Gasteiger partial charge on any atom is -0.306 e. The summed E-state index contributed by atoms with van der Waals surface area (Å²) in [4.78, 5) is 1.03. The highest BCUT2D eigenvalue weighted by atomic mass is 79.9. The third kappa shape index (κ3) is 3.61. The fourth-order valence-corrected chi connectivity index (χ4v) is 3.61. The summed E-state index contributed by atoms with van der Waals surface area (Å²) in [7, 11) is 0. The SMILES string of the molecule is CCCNC(c1cc(F)cc(F)c1)c1sccc1Br. The van der Waals surface area contributed by atoms with E-state index in [0.29, 0.717) is 5.56 Å². The summed E-state index contributed by atoms with van der Waals surface area (Å²) in [6.07, 6.45) is 0.956. The van der Waals surface area contributed by atoms with Gasteiger partial charge in [0, 0.05) is 15.4 Å². The molecule has 2 rings (SSSR count). The highest BCUT2D eigenvalue weighted by molar-refractivity contribution is 9.10. The average Bonchev–Trinajstić information content (AvgIpc) is 2.75. The number of thiophene rings is 1. The molecule has 1 aromatic heterocycles. The number of hydrogen-bond acceptors (Lipinski definition) is 2. The Balaban J connectivity index is 2.39. The first-order valence-electron chi connectivity index (χ1n) is 6.04. The molecule has 0 spiro atoms. The van der Waals surface area contributed by atoms with Crippen molar-refractivity contribution in [3.05, 3.63) is 56.2 Å². The summed E-state index contributed by atoms with van der Waals surface area (Å²) in [5.74, 6) is -1.10. The van der Waals surface area contributed by atoms with Crippen LogP contribution in [0.3, 0.4) is 0 Å². The molecule has 2 aromatic rings. The van der Waals surface area contributed by atoms with Crippen LogP contribution in [-0.4, -0.2) is 6.54 Å². The molecular formula is C14H14BrF2NS. The second-order valence-electron chi connectivity index (χ2n) is 4.22. The van der Waals surface area contributed by atoms with Crippen molar-refractivity contribution in [2.45, 2.75) is 19.4 Å². The van der Waals surface area contributed by atoms with Gasteiger partial charge in [-0.3, -0.25) is 0 Å². The highest BCUT2D eigenvalue weighted by Crippen LogP contribution is 2.33. The first-order valence-corrected chi connectivity index (χ1v) is 7.71. The van der Waals surface area contributed by atoms with Gasteiger partial charge in [0.25, 0.3) is 0 Å². The van der Waals surface area contributed by atoms with Crippen LogP contribution in [0.1, 0.15) is 29.8 Å². The third-order valence-electron chi connectivity index (χ3n) is 2.72. The van der Waals surface area contributed by atoms with E-state index in [1.165, 1.54) is 12.1 Å². The number of halogens is 3. The molecule has 0 bridgehead atoms. The van der Waals surface area contributed by atoms with Gasteiger partial charge in [-0.25, -0.2) is 8.78 Å². The van der Waals surface area contributed by atoms with Crippen LogP contribution in [0.2, 0.25) is 0 Å². The van der Waals surface area contributed by atoms with Crippen LogP contribution in [0.15, 0.2) is 34.1 Å². The Morgan fingerprint density at radius 2 is 1.95 bits per heavy atom. The van der Waals surface area contributed by atoms with Gasteiger partial charge in [-0.2, -0.15) is 0 Å². The quantitative estimate of drug-likeness (QED) is 0.814. The van der Waals surface area contributed by atoms with Crippen molar-refractivity contribution in [2.75, 3.05) is 6.54 Å². The predicted molar refractivity (Wildman–Crippen MR) is 78.5 cm³/mol. The van der Waals surface area contributed by atoms with E-state index in [2.05, 4.69) is 28.2 Å². The Hall–Kier alpha value is -0.780. The smallest absolute Gasteiger partial charge is 0.126 e. The summed E-state index contributed by atoms with van der Waals surface area (Å²) in [5.41, 5.74) is 0.606. The van der Waals surface area contributed by atoms with Crippen LogP contribution in [0.4, 0.5) is 8.78 Å². The molecule has 102 valence electrons. The van der Waals surface area contributed by atoms with Gasteiger partial charge in [-0.05, 0) is 58.0 Å². The van der Waals surface area contributed by atoms with Crippen molar-refractivity contribution in [1.82, 2.24) is 5.32 Å². The van der Waals surface area contributed by atoms with Crippen molar-refractivity contribution < 1.29 is 8.78 Å². The molecule has 0 fully saturated rings. The zero-order chi connectivity index (χ0) is 13.8. The van der Waals surface area contributed by atoms with E-state index in [4.69, 9.17) is 0 Å². The molecule has 0 aliphatic heterocycles. The zero-order valence-corrected chi connectivity index (χ0v) is 12.8. The zero-order valence-electron chi connectivity index (χ0n) is 10.4. The fourth-order valence-electron chi connectivity index (χ4n) is 1.90. The standard InChI is InChI=1S/C14H14BrF2NS/c1-2-4-18-13(14-12(15)3-5-19-14)9-6-10(16)8-11(17)7-9/h3,5-8,13,18H,2,4H2,1H3. The highest BCUT2D eigenvalue weighted by Gasteiger charge is 2.19. The van der Waals surface area contributed by atoms with E-state index in [1.807, 2.05) is 11.4 Å². The first kappa shape index (κ1) is 14.6. The molecule has 1 heterocycles. The molecule has 0 radical (unpaired) electrons. The maximum atomic E-state index is 13.4. The molecule has 1 aromatic carbocycles. The van der Waals surface area contributed by atoms with E-state index in [0.717, 1.165) is 28.4 Å². The van der Waals surface area contributed by atoms with Gasteiger partial charge >= 0.3 is 0 Å². The number of rotatable bonds is 5. The van der Waals surface area contributed by atoms with Crippen molar-refractivity contribution in [3.8, 4) is 0 Å². The van der Waals surface area contributed by atoms with E-state index in [9.17, 15) is 8.78 Å². The van der Waals surface area contributed by atoms with Crippen LogP contribution in [0.25, 0.3) is 0 Å². The van der Waals surface area contributed by atoms with Gasteiger partial charge in [0.1, 0.15) is 11.6 Å². The summed E-state index contributed by atoms with van der Waals surface area (Å²) in [6.45, 7) is 2.84. The summed E-state index contributed by atoms with van der Waals surface area (Å²) in [5, 5.41) is 5.28. The van der Waals surface area contributed by atoms with Crippen LogP contribution >= 0.6 is 27.3 Å². The first-order chi connectivity index (χ1) is 9.11. The summed E-state index contributed by atoms with van der Waals surface area (Å²) in [6, 6.07) is 5.39. The third-order valence-corrected chi connectivity index (χ3v) is 4.66. The normalized spacial score (nSPS) is 12.6. The van der Waals surface area contributed by atoms with Crippen molar-refractivity contribution in [3.63, 3.8) is 0 Å². The largest absolute Gasteiger partial charge is 0.306 e. The predicted octanol–water partition coefficient (Wildman–Crippen LogP) is 4.88. The molecule has 0 saturated carbocycles. The Labute approximate surface area is 123 Å². The van der Waals surface area contributed by atoms with E-state index in [-0.39, 0.29) is 6.04 Å². The lowest BCUT2D eigenvalue weighted by atomic mass is 10.0. The fraction of sp³-hybridized carbons (Fsp3) is 0.286. The molecule has 19 heavy (non-hydrogen) atoms. The van der Waals surface area contributed by atoms with Crippen molar-refractivity contribution in [1.29, 1.82) is 0 Å². The Kier molecular flexibility index (Phi) is 5.07. The van der Waals surface area contributed by atoms with Crippen LogP contribution in [0.5, 0.6) is 0 Å². The number of benzene rings is 1. The lowest BCUT2D eigenvalue weighted by Crippen LogP contribution is -2.23. The lowest BCUT2D eigenvalue weighted by molar-refractivity contribution is 0.560. The molecule has 1 unspecified atom stereocenters. The molecule has 0 saturated heterocycles. The van der Waals surface area contributed by atoms with Crippen molar-refractivity contribution >= 4 is 27.3 Å². The minimum atomic E-state index is -0.550. The van der Waals surface area contributed by atoms with Gasteiger partial charge in [0.15, 0.2) is 0 Å². The van der Waals surface area contributed by atoms with Gasteiger partial charge in [-0.1, -0.05) is 6.92 Å². The second kappa shape index (κ2) is 6.59. The average molecular weight is 346 g/mol. The Morgan fingerprint density at radius 3 is 2.47 bits per heavy atom. The van der Waals surface area contributed by atoms with Crippen LogP contribution in [-0.2, 0) is 0 Å². The van der Waals surface area contributed by atoms with Crippen LogP contribution in [0, 0.1) is 11.6 Å². The molecule has 1 atom stereocenters. The number of nitrogens with one attached hydrogen (secondary N) is 1. The maximum absolute atomic E-state index is 13.4. The van der Waals surface area contributed by atoms with E-state index < -0.39 is 11.6 Å². The van der Waals surface area contributed by atoms with Gasteiger partial charge < -0.3 is 5.32 Å². The maximum Gasteiger partial charge on any atom is 0.126 e. The second-order valence-corrected chi connectivity index (χ2v) is 6.02. The molecule has 1 nitrogen and oxygen atoms in total. The summed E-state index contributed by atoms with van der Waals surface area (Å²) >= 11 is 5.04. The molecule has 1 N–H and O–H groups in total. The molecule has 0 aliphatic rings. The molecular weight excluding hydrogens is 332 g/mol. The Bertz CT molecular complexity index is 536. The van der Waals surface area contributed by atoms with Crippen LogP contribution < -0.4 is 5.32 Å². The van der Waals surface area contributed by atoms with Gasteiger partial charge in [0.2, 0.25) is 0 Å². The summed E-state index contributed by atoms with van der Waals surface area (Å²) < 4.78 is 27.7. The lowest BCUT2D eigenvalue weighted by Gasteiger charge is -2.18. The Morgan fingerprint density at radius 1 is 1.26 bits per heavy atom. The minimum absolute atomic E-state index is 0.195. The van der Waals surface area contributed by atoms with E-state index >= 15 is 0 Å². The number of hydrogen-bond donors (Lipinski definition) is 1. The molecule has 5 heteroatoms. The van der Waals surface area contributed by atoms with Gasteiger partial charge in [-0.15, -0.1) is 11.3 Å². The van der Waals surface area contributed by atoms with Gasteiger partial charge in [0.05, 0.1) is 6.04 Å². The monoisotopic (exact) mass is 345 g/mol. The topological polar surface area (TPSA) is 12.0 Å².